The van der Waals surface area contributed by atoms with E-state index in [1.165, 1.54) is 11.1 Å². The zero-order chi connectivity index (χ0) is 35.2. The summed E-state index contributed by atoms with van der Waals surface area (Å²) in [5.74, 6) is 0.0229. The van der Waals surface area contributed by atoms with E-state index in [0.717, 1.165) is 102 Å². The number of aryl methyl sites for hydroxylation is 2. The Balaban J connectivity index is 1.08. The van der Waals surface area contributed by atoms with Crippen LogP contribution in [0, 0.1) is 0 Å². The summed E-state index contributed by atoms with van der Waals surface area (Å²) in [4.78, 5) is 20.9. The molecule has 0 saturated heterocycles. The van der Waals surface area contributed by atoms with Crippen molar-refractivity contribution in [3.8, 4) is 45.0 Å². The summed E-state index contributed by atoms with van der Waals surface area (Å²) in [5.41, 5.74) is 16.9. The van der Waals surface area contributed by atoms with Crippen LogP contribution in [-0.2, 0) is 12.8 Å². The molecule has 0 saturated carbocycles. The number of hydrogen-bond donors (Lipinski definition) is 0. The fourth-order valence-electron chi connectivity index (χ4n) is 7.41. The lowest BCUT2D eigenvalue weighted by atomic mass is 9.95. The van der Waals surface area contributed by atoms with Crippen LogP contribution in [0.2, 0.25) is 0 Å². The van der Waals surface area contributed by atoms with Crippen molar-refractivity contribution in [2.45, 2.75) is 39.5 Å². The van der Waals surface area contributed by atoms with Crippen LogP contribution in [0.3, 0.4) is 0 Å². The maximum Gasteiger partial charge on any atom is 0.0972 e. The van der Waals surface area contributed by atoms with Gasteiger partial charge in [-0.1, -0.05) is 124 Å². The van der Waals surface area contributed by atoms with E-state index in [2.05, 4.69) is 166 Å². The van der Waals surface area contributed by atoms with Crippen molar-refractivity contribution >= 4 is 34.0 Å². The Morgan fingerprint density at radius 3 is 1.27 bits per heavy atom. The van der Waals surface area contributed by atoms with Gasteiger partial charge in [-0.2, -0.15) is 0 Å². The summed E-state index contributed by atoms with van der Waals surface area (Å²) in [6, 6.07) is 47.3. The molecule has 0 N–H and O–H groups in total. The predicted octanol–water partition coefficient (Wildman–Crippen LogP) is 12.0. The molecule has 52 heavy (non-hydrogen) atoms. The Morgan fingerprint density at radius 2 is 0.808 bits per heavy atom. The summed E-state index contributed by atoms with van der Waals surface area (Å²) in [5, 5.41) is 2.15. The molecule has 0 fully saturated rings. The lowest BCUT2D eigenvalue weighted by Crippen LogP contribution is -2.06. The number of aromatic nitrogens is 4. The fraction of sp³-hybridized carbons (Fsp3) is 0.125. The largest absolute Gasteiger partial charge is 0.252 e. The molecule has 0 aliphatic heterocycles. The highest BCUT2D eigenvalue weighted by Crippen LogP contribution is 2.36. The topological polar surface area (TPSA) is 51.6 Å². The Hall–Kier alpha value is -6.26. The minimum Gasteiger partial charge on any atom is -0.252 e. The van der Waals surface area contributed by atoms with Crippen LogP contribution in [-0.4, -0.2) is 19.9 Å². The quantitative estimate of drug-likeness (QED) is 0.165. The van der Waals surface area contributed by atoms with Gasteiger partial charge in [-0.25, -0.2) is 9.97 Å². The van der Waals surface area contributed by atoms with Gasteiger partial charge in [-0.05, 0) is 77.6 Å². The molecule has 0 bridgehead atoms. The number of pyridine rings is 4. The van der Waals surface area contributed by atoms with Crippen molar-refractivity contribution in [1.82, 2.24) is 19.9 Å². The van der Waals surface area contributed by atoms with E-state index in [0.29, 0.717) is 0 Å². The van der Waals surface area contributed by atoms with Gasteiger partial charge in [-0.15, -0.1) is 0 Å². The fourth-order valence-corrected chi connectivity index (χ4v) is 7.41. The second-order valence-corrected chi connectivity index (χ2v) is 13.7. The van der Waals surface area contributed by atoms with Crippen LogP contribution in [0.25, 0.3) is 79.0 Å². The van der Waals surface area contributed by atoms with E-state index < -0.39 is 0 Å². The van der Waals surface area contributed by atoms with E-state index in [9.17, 15) is 0 Å². The third-order valence-electron chi connectivity index (χ3n) is 10.4. The van der Waals surface area contributed by atoms with Crippen molar-refractivity contribution in [2.24, 2.45) is 0 Å². The van der Waals surface area contributed by atoms with Gasteiger partial charge >= 0.3 is 0 Å². The van der Waals surface area contributed by atoms with Gasteiger partial charge in [0, 0.05) is 38.9 Å². The molecule has 4 aromatic carbocycles. The maximum atomic E-state index is 5.31. The summed E-state index contributed by atoms with van der Waals surface area (Å²) < 4.78 is 0. The summed E-state index contributed by atoms with van der Waals surface area (Å²) >= 11 is 0. The molecule has 250 valence electrons. The summed E-state index contributed by atoms with van der Waals surface area (Å²) in [6.07, 6.45) is 6.34. The van der Waals surface area contributed by atoms with Crippen LogP contribution in [0.15, 0.2) is 133 Å². The van der Waals surface area contributed by atoms with E-state index in [1.807, 2.05) is 0 Å². The minimum atomic E-state index is 0.0229. The van der Waals surface area contributed by atoms with Gasteiger partial charge in [0.2, 0.25) is 0 Å². The SMILES string of the molecule is CCc1cccc(-c2ccc3c(n2)C(C)c2nc(-c4cccc(-c5ccc6ccc7ccc(-c8cccc(CC)c8)nc7c6n5)c4)ccc2C=C3)c1. The molecular weight excluding hydrogens is 633 g/mol. The maximum absolute atomic E-state index is 5.31. The molecule has 0 spiro atoms. The summed E-state index contributed by atoms with van der Waals surface area (Å²) in [6.45, 7) is 6.59. The lowest BCUT2D eigenvalue weighted by Gasteiger charge is -2.16. The van der Waals surface area contributed by atoms with Crippen LogP contribution in [0.1, 0.15) is 60.3 Å². The monoisotopic (exact) mass is 670 g/mol. The van der Waals surface area contributed by atoms with Crippen molar-refractivity contribution in [2.75, 3.05) is 0 Å². The van der Waals surface area contributed by atoms with Crippen LogP contribution >= 0.6 is 0 Å². The Morgan fingerprint density at radius 1 is 0.423 bits per heavy atom. The normalized spacial score (nSPS) is 13.6. The zero-order valence-electron chi connectivity index (χ0n) is 29.6. The third kappa shape index (κ3) is 5.76. The van der Waals surface area contributed by atoms with E-state index >= 15 is 0 Å². The predicted molar refractivity (Wildman–Crippen MR) is 216 cm³/mol. The van der Waals surface area contributed by atoms with Gasteiger partial charge in [-0.3, -0.25) is 9.97 Å². The minimum absolute atomic E-state index is 0.0229. The van der Waals surface area contributed by atoms with Crippen LogP contribution in [0.5, 0.6) is 0 Å². The van der Waals surface area contributed by atoms with Gasteiger partial charge in [0.25, 0.3) is 0 Å². The van der Waals surface area contributed by atoms with E-state index in [4.69, 9.17) is 19.9 Å². The molecule has 4 nitrogen and oxygen atoms in total. The second-order valence-electron chi connectivity index (χ2n) is 13.7. The van der Waals surface area contributed by atoms with E-state index in [-0.39, 0.29) is 5.92 Å². The molecule has 4 aromatic heterocycles. The Bertz CT molecular complexity index is 2690. The molecule has 9 rings (SSSR count). The first-order chi connectivity index (χ1) is 25.5. The molecular formula is C48H38N4. The number of hydrogen-bond acceptors (Lipinski definition) is 4. The van der Waals surface area contributed by atoms with Gasteiger partial charge < -0.3 is 0 Å². The summed E-state index contributed by atoms with van der Waals surface area (Å²) in [7, 11) is 0. The smallest absolute Gasteiger partial charge is 0.0972 e. The molecule has 1 atom stereocenters. The molecule has 1 unspecified atom stereocenters. The zero-order valence-corrected chi connectivity index (χ0v) is 29.6. The first-order valence-corrected chi connectivity index (χ1v) is 18.2. The Kier molecular flexibility index (Phi) is 8.01. The van der Waals surface area contributed by atoms with Gasteiger partial charge in [0.15, 0.2) is 0 Å². The van der Waals surface area contributed by atoms with E-state index in [1.54, 1.807) is 0 Å². The standard InChI is InChI=1S/C48H38N4/c1-4-31-9-6-11-37(27-31)41-23-19-33-15-16-34-20-24-43(50-46(34)30(3)45(33)49-41)39-13-8-14-40(29-39)44-26-22-36-18-17-35-21-25-42(51-47(35)48(36)52-44)38-12-7-10-32(5-2)28-38/h6-30H,4-5H2,1-3H3. The third-order valence-corrected chi connectivity index (χ3v) is 10.4. The molecule has 1 aliphatic carbocycles. The Labute approximate surface area is 304 Å². The number of benzene rings is 4. The molecule has 8 aromatic rings. The average Bonchev–Trinajstić information content (AvgIpc) is 3.35. The number of rotatable bonds is 6. The van der Waals surface area contributed by atoms with Crippen LogP contribution in [0.4, 0.5) is 0 Å². The van der Waals surface area contributed by atoms with Gasteiger partial charge in [0.05, 0.1) is 45.2 Å². The number of nitrogens with zero attached hydrogens (tertiary/aromatic N) is 4. The molecule has 1 aliphatic rings. The van der Waals surface area contributed by atoms with Gasteiger partial charge in [0.1, 0.15) is 0 Å². The molecule has 0 amide bonds. The van der Waals surface area contributed by atoms with Crippen molar-refractivity contribution < 1.29 is 0 Å². The van der Waals surface area contributed by atoms with Crippen molar-refractivity contribution in [3.63, 3.8) is 0 Å². The van der Waals surface area contributed by atoms with Crippen molar-refractivity contribution in [3.05, 3.63) is 167 Å². The first kappa shape index (κ1) is 31.7. The van der Waals surface area contributed by atoms with Crippen LogP contribution < -0.4 is 0 Å². The molecule has 4 heteroatoms. The molecule has 0 radical (unpaired) electrons. The second kappa shape index (κ2) is 13.1. The highest BCUT2D eigenvalue weighted by atomic mass is 14.8. The van der Waals surface area contributed by atoms with Crippen molar-refractivity contribution in [1.29, 1.82) is 0 Å². The highest BCUT2D eigenvalue weighted by Gasteiger charge is 2.22. The lowest BCUT2D eigenvalue weighted by molar-refractivity contribution is 0.832. The number of fused-ring (bicyclic) bond motifs is 5. The first-order valence-electron chi connectivity index (χ1n) is 18.2. The average molecular weight is 671 g/mol. The molecule has 4 heterocycles. The highest BCUT2D eigenvalue weighted by molar-refractivity contribution is 6.04.